The summed E-state index contributed by atoms with van der Waals surface area (Å²) in [4.78, 5) is 42.3. The third-order valence-corrected chi connectivity index (χ3v) is 5.80. The molecular formula is C20H20Cl2N4O4S. The van der Waals surface area contributed by atoms with E-state index in [9.17, 15) is 14.4 Å². The molecule has 1 saturated heterocycles. The zero-order valence-corrected chi connectivity index (χ0v) is 19.0. The Morgan fingerprint density at radius 1 is 1.29 bits per heavy atom. The molecule has 3 amide bonds. The molecule has 1 fully saturated rings. The Morgan fingerprint density at radius 3 is 2.84 bits per heavy atom. The Kier molecular flexibility index (Phi) is 8.11. The Balaban J connectivity index is 1.47. The molecule has 0 unspecified atom stereocenters. The van der Waals surface area contributed by atoms with E-state index < -0.39 is 11.1 Å². The van der Waals surface area contributed by atoms with E-state index in [-0.39, 0.29) is 30.3 Å². The van der Waals surface area contributed by atoms with Crippen LogP contribution < -0.4 is 5.32 Å². The number of hydrogen-bond donors (Lipinski definition) is 1. The number of carbonyl (C=O) groups excluding carboxylic acids is 3. The molecule has 0 aliphatic carbocycles. The largest absolute Gasteiger partial charge is 0.354 e. The highest BCUT2D eigenvalue weighted by atomic mass is 35.5. The van der Waals surface area contributed by atoms with Crippen molar-refractivity contribution in [2.75, 3.05) is 13.1 Å². The van der Waals surface area contributed by atoms with E-state index in [1.807, 2.05) is 6.92 Å². The maximum Gasteiger partial charge on any atom is 0.293 e. The fourth-order valence-electron chi connectivity index (χ4n) is 2.79. The van der Waals surface area contributed by atoms with Crippen LogP contribution in [0.2, 0.25) is 10.0 Å². The van der Waals surface area contributed by atoms with E-state index in [2.05, 4.69) is 15.5 Å². The lowest BCUT2D eigenvalue weighted by Crippen LogP contribution is -2.37. The number of aryl methyl sites for hydroxylation is 2. The van der Waals surface area contributed by atoms with Gasteiger partial charge in [-0.05, 0) is 42.0 Å². The van der Waals surface area contributed by atoms with Gasteiger partial charge in [-0.15, -0.1) is 0 Å². The maximum absolute atomic E-state index is 12.5. The van der Waals surface area contributed by atoms with Crippen molar-refractivity contribution in [2.24, 2.45) is 0 Å². The number of nitrogens with zero attached hydrogens (tertiary/aromatic N) is 3. The molecule has 31 heavy (non-hydrogen) atoms. The zero-order valence-electron chi connectivity index (χ0n) is 16.7. The van der Waals surface area contributed by atoms with Gasteiger partial charge in [0.2, 0.25) is 11.8 Å². The summed E-state index contributed by atoms with van der Waals surface area (Å²) in [6, 6.07) is 4.89. The summed E-state index contributed by atoms with van der Waals surface area (Å²) in [6.45, 7) is 2.24. The SMILES string of the molecule is CCCc1noc(CCC(=O)NCCN2C(=O)SC(=Cc3ccc(Cl)cc3Cl)C2=O)n1. The van der Waals surface area contributed by atoms with Crippen molar-refractivity contribution in [3.8, 4) is 0 Å². The summed E-state index contributed by atoms with van der Waals surface area (Å²) in [6.07, 6.45) is 3.69. The predicted molar refractivity (Wildman–Crippen MR) is 119 cm³/mol. The van der Waals surface area contributed by atoms with Crippen molar-refractivity contribution in [3.05, 3.63) is 50.4 Å². The van der Waals surface area contributed by atoms with Crippen LogP contribution in [-0.4, -0.2) is 45.2 Å². The van der Waals surface area contributed by atoms with E-state index in [0.29, 0.717) is 33.7 Å². The van der Waals surface area contributed by atoms with Crippen LogP contribution in [0.25, 0.3) is 6.08 Å². The highest BCUT2D eigenvalue weighted by Crippen LogP contribution is 2.33. The number of hydrogen-bond acceptors (Lipinski definition) is 7. The van der Waals surface area contributed by atoms with Gasteiger partial charge in [0.15, 0.2) is 5.82 Å². The minimum Gasteiger partial charge on any atom is -0.354 e. The van der Waals surface area contributed by atoms with Gasteiger partial charge in [-0.25, -0.2) is 0 Å². The van der Waals surface area contributed by atoms with Crippen LogP contribution in [0.5, 0.6) is 0 Å². The van der Waals surface area contributed by atoms with Crippen LogP contribution in [-0.2, 0) is 22.4 Å². The van der Waals surface area contributed by atoms with Gasteiger partial charge in [-0.2, -0.15) is 4.98 Å². The van der Waals surface area contributed by atoms with Crippen molar-refractivity contribution in [3.63, 3.8) is 0 Å². The number of thioether (sulfide) groups is 1. The fraction of sp³-hybridized carbons (Fsp3) is 0.350. The van der Waals surface area contributed by atoms with Gasteiger partial charge in [0.1, 0.15) is 0 Å². The lowest BCUT2D eigenvalue weighted by molar-refractivity contribution is -0.124. The molecule has 164 valence electrons. The molecule has 1 aliphatic rings. The van der Waals surface area contributed by atoms with Crippen LogP contribution in [0.1, 0.15) is 37.0 Å². The van der Waals surface area contributed by atoms with Gasteiger partial charge in [0.05, 0.1) is 4.91 Å². The van der Waals surface area contributed by atoms with Crippen LogP contribution in [0, 0.1) is 0 Å². The normalized spacial score (nSPS) is 15.2. The van der Waals surface area contributed by atoms with E-state index in [1.165, 1.54) is 0 Å². The van der Waals surface area contributed by atoms with Gasteiger partial charge < -0.3 is 9.84 Å². The smallest absolute Gasteiger partial charge is 0.293 e. The molecule has 2 heterocycles. The third-order valence-electron chi connectivity index (χ3n) is 4.33. The van der Waals surface area contributed by atoms with Gasteiger partial charge in [-0.1, -0.05) is 41.3 Å². The third kappa shape index (κ3) is 6.32. The lowest BCUT2D eigenvalue weighted by atomic mass is 10.2. The van der Waals surface area contributed by atoms with Crippen molar-refractivity contribution < 1.29 is 18.9 Å². The Labute approximate surface area is 193 Å². The molecule has 3 rings (SSSR count). The number of carbonyl (C=O) groups is 3. The molecular weight excluding hydrogens is 463 g/mol. The number of amides is 3. The first-order valence-electron chi connectivity index (χ1n) is 9.66. The maximum atomic E-state index is 12.5. The van der Waals surface area contributed by atoms with Crippen molar-refractivity contribution in [1.29, 1.82) is 0 Å². The van der Waals surface area contributed by atoms with Gasteiger partial charge in [0, 0.05) is 42.4 Å². The summed E-state index contributed by atoms with van der Waals surface area (Å²) in [5.41, 5.74) is 0.591. The number of benzene rings is 1. The lowest BCUT2D eigenvalue weighted by Gasteiger charge is -2.12. The quantitative estimate of drug-likeness (QED) is 0.535. The molecule has 2 aromatic rings. The van der Waals surface area contributed by atoms with Gasteiger partial charge in [0.25, 0.3) is 11.1 Å². The topological polar surface area (TPSA) is 105 Å². The minimum absolute atomic E-state index is 0.0727. The average molecular weight is 483 g/mol. The number of rotatable bonds is 9. The van der Waals surface area contributed by atoms with Crippen LogP contribution in [0.3, 0.4) is 0 Å². The van der Waals surface area contributed by atoms with E-state index in [4.69, 9.17) is 27.7 Å². The second kappa shape index (κ2) is 10.8. The number of aromatic nitrogens is 2. The molecule has 1 aromatic heterocycles. The molecule has 0 spiro atoms. The Bertz CT molecular complexity index is 1020. The summed E-state index contributed by atoms with van der Waals surface area (Å²) in [5.74, 6) is 0.385. The fourth-order valence-corrected chi connectivity index (χ4v) is 4.10. The van der Waals surface area contributed by atoms with Gasteiger partial charge >= 0.3 is 0 Å². The first-order chi connectivity index (χ1) is 14.9. The number of halogens is 2. The van der Waals surface area contributed by atoms with E-state index in [1.54, 1.807) is 24.3 Å². The molecule has 11 heteroatoms. The summed E-state index contributed by atoms with van der Waals surface area (Å²) in [5, 5.41) is 7.00. The number of imide groups is 1. The highest BCUT2D eigenvalue weighted by Gasteiger charge is 2.34. The molecule has 1 N–H and O–H groups in total. The number of nitrogens with one attached hydrogen (secondary N) is 1. The molecule has 1 aliphatic heterocycles. The zero-order chi connectivity index (χ0) is 22.4. The summed E-state index contributed by atoms with van der Waals surface area (Å²) < 4.78 is 5.09. The second-order valence-electron chi connectivity index (χ2n) is 6.70. The van der Waals surface area contributed by atoms with Crippen LogP contribution >= 0.6 is 35.0 Å². The van der Waals surface area contributed by atoms with Crippen molar-refractivity contribution >= 4 is 58.1 Å². The first-order valence-corrected chi connectivity index (χ1v) is 11.2. The summed E-state index contributed by atoms with van der Waals surface area (Å²) in [7, 11) is 0. The predicted octanol–water partition coefficient (Wildman–Crippen LogP) is 4.11. The van der Waals surface area contributed by atoms with Crippen molar-refractivity contribution in [2.45, 2.75) is 32.6 Å². The molecule has 0 saturated carbocycles. The molecule has 8 nitrogen and oxygen atoms in total. The standard InChI is InChI=1S/C20H20Cl2N4O4S/c1-2-3-16-24-18(30-25-16)7-6-17(27)23-8-9-26-19(28)15(31-20(26)29)10-12-4-5-13(21)11-14(12)22/h4-5,10-11H,2-3,6-9H2,1H3,(H,23,27). The average Bonchev–Trinajstić information content (AvgIpc) is 3.28. The van der Waals surface area contributed by atoms with Crippen molar-refractivity contribution in [1.82, 2.24) is 20.4 Å². The summed E-state index contributed by atoms with van der Waals surface area (Å²) >= 11 is 12.8. The van der Waals surface area contributed by atoms with Crippen LogP contribution in [0.4, 0.5) is 4.79 Å². The highest BCUT2D eigenvalue weighted by molar-refractivity contribution is 8.18. The van der Waals surface area contributed by atoms with E-state index >= 15 is 0 Å². The molecule has 0 bridgehead atoms. The Hall–Kier alpha value is -2.36. The van der Waals surface area contributed by atoms with Crippen LogP contribution in [0.15, 0.2) is 27.6 Å². The molecule has 0 radical (unpaired) electrons. The Morgan fingerprint density at radius 2 is 2.10 bits per heavy atom. The van der Waals surface area contributed by atoms with Gasteiger partial charge in [-0.3, -0.25) is 19.3 Å². The minimum atomic E-state index is -0.426. The monoisotopic (exact) mass is 482 g/mol. The molecule has 0 atom stereocenters. The second-order valence-corrected chi connectivity index (χ2v) is 8.54. The van der Waals surface area contributed by atoms with E-state index in [0.717, 1.165) is 29.5 Å². The molecule has 1 aromatic carbocycles. The first kappa shape index (κ1) is 23.3.